The van der Waals surface area contributed by atoms with Crippen molar-refractivity contribution >= 4 is 70.2 Å². The van der Waals surface area contributed by atoms with Crippen molar-refractivity contribution in [2.75, 3.05) is 12.4 Å². The standard InChI is InChI=1S/C29H25N5O6S2/c1-17-5-4-6-19-14-29(42(38,39)40)28(16-23(17)19)34-32-26-11-12-27(24-15-21(41(35,36)37)8-9-22(24)26)33-31-25-10-7-20(30-3)13-18(25)2/h4-16,30H,1-3H3,(H,35,36,37)(H,38,39,40). The van der Waals surface area contributed by atoms with Crippen molar-refractivity contribution < 1.29 is 25.9 Å². The fourth-order valence-corrected chi connectivity index (χ4v) is 5.65. The Morgan fingerprint density at radius 2 is 1.24 bits per heavy atom. The van der Waals surface area contributed by atoms with Crippen molar-refractivity contribution in [3.63, 3.8) is 0 Å². The second-order valence-corrected chi connectivity index (χ2v) is 12.3. The molecule has 5 aromatic rings. The van der Waals surface area contributed by atoms with Crippen molar-refractivity contribution in [3.05, 3.63) is 90.0 Å². The van der Waals surface area contributed by atoms with E-state index in [0.717, 1.165) is 22.2 Å². The van der Waals surface area contributed by atoms with Gasteiger partial charge in [0.05, 0.1) is 22.0 Å². The summed E-state index contributed by atoms with van der Waals surface area (Å²) in [6.45, 7) is 3.74. The number of rotatable bonds is 7. The molecule has 5 rings (SSSR count). The lowest BCUT2D eigenvalue weighted by Gasteiger charge is -2.09. The number of hydrogen-bond acceptors (Lipinski definition) is 9. The van der Waals surface area contributed by atoms with Crippen LogP contribution in [-0.4, -0.2) is 33.0 Å². The molecule has 0 fully saturated rings. The van der Waals surface area contributed by atoms with Crippen LogP contribution in [0.25, 0.3) is 21.5 Å². The van der Waals surface area contributed by atoms with Gasteiger partial charge in [-0.05, 0) is 90.3 Å². The molecule has 13 heteroatoms. The molecule has 0 saturated carbocycles. The van der Waals surface area contributed by atoms with Crippen LogP contribution in [0.15, 0.2) is 109 Å². The molecule has 0 amide bonds. The number of fused-ring (bicyclic) bond motifs is 2. The first-order valence-electron chi connectivity index (χ1n) is 12.5. The molecule has 0 aliphatic carbocycles. The predicted octanol–water partition coefficient (Wildman–Crippen LogP) is 7.98. The van der Waals surface area contributed by atoms with Crippen molar-refractivity contribution in [2.24, 2.45) is 20.5 Å². The number of anilines is 1. The Bertz CT molecular complexity index is 2160. The topological polar surface area (TPSA) is 170 Å². The number of nitrogens with zero attached hydrogens (tertiary/aromatic N) is 4. The maximum absolute atomic E-state index is 12.2. The van der Waals surface area contributed by atoms with Gasteiger partial charge in [0.1, 0.15) is 10.6 Å². The van der Waals surface area contributed by atoms with Gasteiger partial charge in [-0.15, -0.1) is 15.3 Å². The summed E-state index contributed by atoms with van der Waals surface area (Å²) in [7, 11) is -7.37. The molecule has 3 N–H and O–H groups in total. The highest BCUT2D eigenvalue weighted by Crippen LogP contribution is 2.38. The predicted molar refractivity (Wildman–Crippen MR) is 161 cm³/mol. The number of azo groups is 2. The van der Waals surface area contributed by atoms with Gasteiger partial charge < -0.3 is 5.32 Å². The maximum atomic E-state index is 12.2. The van der Waals surface area contributed by atoms with Gasteiger partial charge in [0.15, 0.2) is 0 Å². The normalized spacial score (nSPS) is 12.6. The van der Waals surface area contributed by atoms with Crippen LogP contribution in [-0.2, 0) is 20.2 Å². The van der Waals surface area contributed by atoms with Gasteiger partial charge in [-0.25, -0.2) is 0 Å². The summed E-state index contributed by atoms with van der Waals surface area (Å²) < 4.78 is 67.7. The summed E-state index contributed by atoms with van der Waals surface area (Å²) in [6, 6.07) is 20.8. The summed E-state index contributed by atoms with van der Waals surface area (Å²) in [5, 5.41) is 22.2. The van der Waals surface area contributed by atoms with Crippen molar-refractivity contribution in [1.29, 1.82) is 0 Å². The third-order valence-electron chi connectivity index (χ3n) is 6.71. The highest BCUT2D eigenvalue weighted by atomic mass is 32.2. The molecule has 0 unspecified atom stereocenters. The summed E-state index contributed by atoms with van der Waals surface area (Å²) >= 11 is 0. The third-order valence-corrected chi connectivity index (χ3v) is 8.44. The van der Waals surface area contributed by atoms with Gasteiger partial charge in [-0.1, -0.05) is 24.3 Å². The monoisotopic (exact) mass is 603 g/mol. The Labute approximate surface area is 242 Å². The number of nitrogens with one attached hydrogen (secondary N) is 1. The number of hydrogen-bond donors (Lipinski definition) is 3. The molecule has 5 aromatic carbocycles. The van der Waals surface area contributed by atoms with Gasteiger partial charge in [0, 0.05) is 23.5 Å². The van der Waals surface area contributed by atoms with Crippen molar-refractivity contribution in [3.8, 4) is 0 Å². The second kappa shape index (κ2) is 11.0. The van der Waals surface area contributed by atoms with E-state index in [2.05, 4.69) is 25.8 Å². The molecular weight excluding hydrogens is 578 g/mol. The third kappa shape index (κ3) is 5.90. The summed E-state index contributed by atoms with van der Waals surface area (Å²) in [5.74, 6) is 0. The SMILES string of the molecule is CNc1ccc(N=Nc2ccc(N=Nc3cc4c(C)cccc4cc3S(=O)(=O)O)c3ccc(S(=O)(=O)O)cc23)c(C)c1. The zero-order valence-corrected chi connectivity index (χ0v) is 24.3. The van der Waals surface area contributed by atoms with Gasteiger partial charge in [-0.3, -0.25) is 9.11 Å². The van der Waals surface area contributed by atoms with E-state index in [1.54, 1.807) is 37.4 Å². The first-order valence-corrected chi connectivity index (χ1v) is 15.4. The van der Waals surface area contributed by atoms with Crippen LogP contribution in [0.4, 0.5) is 28.4 Å². The average Bonchev–Trinajstić information content (AvgIpc) is 2.94. The lowest BCUT2D eigenvalue weighted by atomic mass is 10.1. The molecular formula is C29H25N5O6S2. The van der Waals surface area contributed by atoms with E-state index >= 15 is 0 Å². The Morgan fingerprint density at radius 3 is 1.88 bits per heavy atom. The minimum atomic E-state index is -4.63. The minimum absolute atomic E-state index is 0.0775. The van der Waals surface area contributed by atoms with Crippen LogP contribution < -0.4 is 5.32 Å². The Morgan fingerprint density at radius 1 is 0.595 bits per heavy atom. The molecule has 0 atom stereocenters. The van der Waals surface area contributed by atoms with Crippen LogP contribution in [0.2, 0.25) is 0 Å². The molecule has 0 bridgehead atoms. The lowest BCUT2D eigenvalue weighted by molar-refractivity contribution is 0.481. The van der Waals surface area contributed by atoms with Crippen LogP contribution >= 0.6 is 0 Å². The first-order chi connectivity index (χ1) is 19.8. The van der Waals surface area contributed by atoms with Gasteiger partial charge in [0.25, 0.3) is 20.2 Å². The van der Waals surface area contributed by atoms with Gasteiger partial charge in [0.2, 0.25) is 0 Å². The van der Waals surface area contributed by atoms with Gasteiger partial charge >= 0.3 is 0 Å². The summed E-state index contributed by atoms with van der Waals surface area (Å²) in [6.07, 6.45) is 0. The van der Waals surface area contributed by atoms with Crippen molar-refractivity contribution in [1.82, 2.24) is 0 Å². The van der Waals surface area contributed by atoms with E-state index in [4.69, 9.17) is 0 Å². The number of benzene rings is 5. The molecule has 214 valence electrons. The Kier molecular flexibility index (Phi) is 7.60. The molecule has 0 heterocycles. The molecule has 11 nitrogen and oxygen atoms in total. The van der Waals surface area contributed by atoms with E-state index in [0.29, 0.717) is 27.5 Å². The average molecular weight is 604 g/mol. The molecule has 0 saturated heterocycles. The summed E-state index contributed by atoms with van der Waals surface area (Å²) in [4.78, 5) is -0.763. The largest absolute Gasteiger partial charge is 0.388 e. The highest BCUT2D eigenvalue weighted by molar-refractivity contribution is 7.86. The van der Waals surface area contributed by atoms with E-state index in [1.807, 2.05) is 32.0 Å². The minimum Gasteiger partial charge on any atom is -0.388 e. The second-order valence-electron chi connectivity index (χ2n) is 9.53. The molecule has 0 radical (unpaired) electrons. The highest BCUT2D eigenvalue weighted by Gasteiger charge is 2.18. The van der Waals surface area contributed by atoms with Crippen molar-refractivity contribution in [2.45, 2.75) is 23.6 Å². The van der Waals surface area contributed by atoms with Crippen LogP contribution in [0.1, 0.15) is 11.1 Å². The first kappa shape index (κ1) is 29.0. The molecule has 0 aromatic heterocycles. The van der Waals surface area contributed by atoms with Crippen LogP contribution in [0.5, 0.6) is 0 Å². The van der Waals surface area contributed by atoms with E-state index < -0.39 is 25.1 Å². The lowest BCUT2D eigenvalue weighted by Crippen LogP contribution is -1.98. The molecule has 0 aliphatic heterocycles. The number of aryl methyl sites for hydroxylation is 2. The fourth-order valence-electron chi connectivity index (χ4n) is 4.50. The van der Waals surface area contributed by atoms with E-state index in [1.165, 1.54) is 30.3 Å². The zero-order chi connectivity index (χ0) is 30.2. The Balaban J connectivity index is 1.65. The van der Waals surface area contributed by atoms with Crippen LogP contribution in [0.3, 0.4) is 0 Å². The zero-order valence-electron chi connectivity index (χ0n) is 22.6. The van der Waals surface area contributed by atoms with Crippen LogP contribution in [0, 0.1) is 13.8 Å². The van der Waals surface area contributed by atoms with E-state index in [-0.39, 0.29) is 16.3 Å². The molecule has 0 spiro atoms. The molecule has 42 heavy (non-hydrogen) atoms. The van der Waals surface area contributed by atoms with E-state index in [9.17, 15) is 25.9 Å². The molecule has 0 aliphatic rings. The maximum Gasteiger partial charge on any atom is 0.296 e. The fraction of sp³-hybridized carbons (Fsp3) is 0.103. The smallest absolute Gasteiger partial charge is 0.296 e. The Hall–Kier alpha value is -4.56. The summed E-state index contributed by atoms with van der Waals surface area (Å²) in [5.41, 5.74) is 3.72. The van der Waals surface area contributed by atoms with Gasteiger partial charge in [-0.2, -0.15) is 21.9 Å². The quantitative estimate of drug-likeness (QED) is 0.125.